The summed E-state index contributed by atoms with van der Waals surface area (Å²) < 4.78 is 0.921. The molecule has 1 atom stereocenters. The van der Waals surface area contributed by atoms with Gasteiger partial charge in [0.05, 0.1) is 15.1 Å². The molecular weight excluding hydrogens is 324 g/mol. The number of rotatable bonds is 2. The highest BCUT2D eigenvalue weighted by molar-refractivity contribution is 7.20. The summed E-state index contributed by atoms with van der Waals surface area (Å²) in [5, 5.41) is 9.57. The number of carboxylic acid groups (broad SMARTS) is 1. The van der Waals surface area contributed by atoms with E-state index in [4.69, 9.17) is 0 Å². The van der Waals surface area contributed by atoms with Crippen LogP contribution < -0.4 is 0 Å². The molecule has 1 unspecified atom stereocenters. The van der Waals surface area contributed by atoms with Crippen molar-refractivity contribution in [2.75, 3.05) is 0 Å². The molecule has 3 heterocycles. The Morgan fingerprint density at radius 1 is 1.17 bits per heavy atom. The van der Waals surface area contributed by atoms with E-state index in [0.29, 0.717) is 17.8 Å². The zero-order chi connectivity index (χ0) is 16.7. The van der Waals surface area contributed by atoms with Gasteiger partial charge in [-0.25, -0.2) is 4.79 Å². The number of amides is 1. The van der Waals surface area contributed by atoms with Gasteiger partial charge in [0.25, 0.3) is 5.91 Å². The molecule has 0 fully saturated rings. The third kappa shape index (κ3) is 2.45. The predicted octanol–water partition coefficient (Wildman–Crippen LogP) is 2.95. The summed E-state index contributed by atoms with van der Waals surface area (Å²) in [5.74, 6) is -1.23. The normalized spacial score (nSPS) is 16.8. The zero-order valence-electron chi connectivity index (χ0n) is 12.7. The number of benzene rings is 1. The van der Waals surface area contributed by atoms with E-state index in [1.807, 2.05) is 36.4 Å². The van der Waals surface area contributed by atoms with Crippen molar-refractivity contribution in [3.63, 3.8) is 0 Å². The number of pyridine rings is 1. The predicted molar refractivity (Wildman–Crippen MR) is 91.1 cm³/mol. The van der Waals surface area contributed by atoms with E-state index >= 15 is 0 Å². The van der Waals surface area contributed by atoms with Crippen LogP contribution in [0.3, 0.4) is 0 Å². The Hall–Kier alpha value is -2.73. The molecule has 0 radical (unpaired) electrons. The van der Waals surface area contributed by atoms with Gasteiger partial charge in [-0.2, -0.15) is 0 Å². The number of nitrogens with zero attached hydrogens (tertiary/aromatic N) is 2. The minimum absolute atomic E-state index is 0.250. The van der Waals surface area contributed by atoms with Gasteiger partial charge in [-0.3, -0.25) is 9.78 Å². The van der Waals surface area contributed by atoms with Crippen LogP contribution in [-0.2, 0) is 17.8 Å². The standard InChI is InChI=1S/C18H14N2O3S/c21-17(16-9-13-15(24-16)6-3-7-19-13)20-10-12-5-2-1-4-11(12)8-14(20)18(22)23/h1-7,9,14H,8,10H2,(H,22,23). The van der Waals surface area contributed by atoms with E-state index in [2.05, 4.69) is 4.98 Å². The van der Waals surface area contributed by atoms with Crippen molar-refractivity contribution in [1.29, 1.82) is 0 Å². The third-order valence-electron chi connectivity index (χ3n) is 4.29. The fourth-order valence-electron chi connectivity index (χ4n) is 3.07. The first kappa shape index (κ1) is 14.8. The summed E-state index contributed by atoms with van der Waals surface area (Å²) in [5.41, 5.74) is 2.75. The van der Waals surface area contributed by atoms with Crippen LogP contribution in [0.15, 0.2) is 48.7 Å². The molecule has 2 aromatic heterocycles. The molecule has 0 saturated carbocycles. The monoisotopic (exact) mass is 338 g/mol. The summed E-state index contributed by atoms with van der Waals surface area (Å²) >= 11 is 1.35. The first-order valence-electron chi connectivity index (χ1n) is 7.58. The van der Waals surface area contributed by atoms with Gasteiger partial charge in [0, 0.05) is 19.2 Å². The van der Waals surface area contributed by atoms with Crippen molar-refractivity contribution in [3.8, 4) is 0 Å². The lowest BCUT2D eigenvalue weighted by atomic mass is 9.94. The number of carbonyl (C=O) groups excluding carboxylic acids is 1. The van der Waals surface area contributed by atoms with Crippen molar-refractivity contribution < 1.29 is 14.7 Å². The maximum atomic E-state index is 12.9. The van der Waals surface area contributed by atoms with Crippen LogP contribution in [0.5, 0.6) is 0 Å². The lowest BCUT2D eigenvalue weighted by molar-refractivity contribution is -0.142. The van der Waals surface area contributed by atoms with Gasteiger partial charge < -0.3 is 10.0 Å². The summed E-state index contributed by atoms with van der Waals surface area (Å²) in [7, 11) is 0. The van der Waals surface area contributed by atoms with Gasteiger partial charge in [0.2, 0.25) is 0 Å². The highest BCUT2D eigenvalue weighted by Gasteiger charge is 2.35. The second kappa shape index (κ2) is 5.72. The van der Waals surface area contributed by atoms with Crippen LogP contribution in [0.2, 0.25) is 0 Å². The summed E-state index contributed by atoms with van der Waals surface area (Å²) in [6.07, 6.45) is 2.01. The quantitative estimate of drug-likeness (QED) is 0.780. The first-order valence-corrected chi connectivity index (χ1v) is 8.40. The number of carbonyl (C=O) groups is 2. The van der Waals surface area contributed by atoms with Gasteiger partial charge in [-0.05, 0) is 29.3 Å². The van der Waals surface area contributed by atoms with E-state index in [9.17, 15) is 14.7 Å². The molecule has 24 heavy (non-hydrogen) atoms. The summed E-state index contributed by atoms with van der Waals surface area (Å²) in [6, 6.07) is 12.3. The van der Waals surface area contributed by atoms with E-state index < -0.39 is 12.0 Å². The second-order valence-corrected chi connectivity index (χ2v) is 6.84. The van der Waals surface area contributed by atoms with Crippen LogP contribution >= 0.6 is 11.3 Å². The van der Waals surface area contributed by atoms with Crippen molar-refractivity contribution >= 4 is 33.4 Å². The van der Waals surface area contributed by atoms with Crippen LogP contribution in [0.25, 0.3) is 10.2 Å². The molecule has 0 spiro atoms. The molecule has 4 rings (SSSR count). The molecule has 0 bridgehead atoms. The average molecular weight is 338 g/mol. The maximum absolute atomic E-state index is 12.9. The second-order valence-electron chi connectivity index (χ2n) is 5.76. The molecule has 0 saturated heterocycles. The Kier molecular flexibility index (Phi) is 3.54. The Morgan fingerprint density at radius 2 is 1.96 bits per heavy atom. The Bertz CT molecular complexity index is 917. The topological polar surface area (TPSA) is 70.5 Å². The van der Waals surface area contributed by atoms with Crippen LogP contribution in [-0.4, -0.2) is 32.9 Å². The average Bonchev–Trinajstić information content (AvgIpc) is 3.04. The van der Waals surface area contributed by atoms with Gasteiger partial charge in [0.1, 0.15) is 6.04 Å². The van der Waals surface area contributed by atoms with Crippen molar-refractivity contribution in [2.45, 2.75) is 19.0 Å². The smallest absolute Gasteiger partial charge is 0.326 e. The van der Waals surface area contributed by atoms with Gasteiger partial charge in [-0.15, -0.1) is 11.3 Å². The minimum Gasteiger partial charge on any atom is -0.480 e. The third-order valence-corrected chi connectivity index (χ3v) is 5.37. The Morgan fingerprint density at radius 3 is 2.71 bits per heavy atom. The molecule has 1 aliphatic heterocycles. The van der Waals surface area contributed by atoms with Crippen molar-refractivity contribution in [3.05, 3.63) is 64.7 Å². The number of hydrogen-bond acceptors (Lipinski definition) is 4. The van der Waals surface area contributed by atoms with Crippen LogP contribution in [0, 0.1) is 0 Å². The van der Waals surface area contributed by atoms with Crippen LogP contribution in [0.1, 0.15) is 20.8 Å². The maximum Gasteiger partial charge on any atom is 0.326 e. The van der Waals surface area contributed by atoms with E-state index in [-0.39, 0.29) is 5.91 Å². The number of carboxylic acids is 1. The van der Waals surface area contributed by atoms with Crippen LogP contribution in [0.4, 0.5) is 0 Å². The number of thiophene rings is 1. The van der Waals surface area contributed by atoms with Gasteiger partial charge in [-0.1, -0.05) is 24.3 Å². The molecule has 0 aliphatic carbocycles. The summed E-state index contributed by atoms with van der Waals surface area (Å²) in [6.45, 7) is 0.313. The zero-order valence-corrected chi connectivity index (χ0v) is 13.5. The SMILES string of the molecule is O=C(O)C1Cc2ccccc2CN1C(=O)c1cc2ncccc2s1. The molecule has 6 heteroatoms. The van der Waals surface area contributed by atoms with Gasteiger partial charge in [0.15, 0.2) is 0 Å². The minimum atomic E-state index is -0.975. The highest BCUT2D eigenvalue weighted by atomic mass is 32.1. The largest absolute Gasteiger partial charge is 0.480 e. The van der Waals surface area contributed by atoms with E-state index in [1.54, 1.807) is 12.3 Å². The molecular formula is C18H14N2O3S. The molecule has 120 valence electrons. The number of aromatic nitrogens is 1. The number of hydrogen-bond donors (Lipinski definition) is 1. The van der Waals surface area contributed by atoms with Crippen molar-refractivity contribution in [2.24, 2.45) is 0 Å². The number of fused-ring (bicyclic) bond motifs is 2. The molecule has 3 aromatic rings. The first-order chi connectivity index (χ1) is 11.6. The Balaban J connectivity index is 1.72. The summed E-state index contributed by atoms with van der Waals surface area (Å²) in [4.78, 5) is 30.8. The molecule has 1 aromatic carbocycles. The molecule has 1 N–H and O–H groups in total. The lowest BCUT2D eigenvalue weighted by Crippen LogP contribution is -2.48. The molecule has 1 amide bonds. The van der Waals surface area contributed by atoms with E-state index in [0.717, 1.165) is 21.3 Å². The van der Waals surface area contributed by atoms with Crippen molar-refractivity contribution in [1.82, 2.24) is 9.88 Å². The molecule has 1 aliphatic rings. The van der Waals surface area contributed by atoms with E-state index in [1.165, 1.54) is 16.2 Å². The fourth-order valence-corrected chi connectivity index (χ4v) is 4.05. The number of aliphatic carboxylic acids is 1. The fraction of sp³-hybridized carbons (Fsp3) is 0.167. The molecule has 5 nitrogen and oxygen atoms in total. The Labute approximate surface area is 142 Å². The lowest BCUT2D eigenvalue weighted by Gasteiger charge is -2.34. The van der Waals surface area contributed by atoms with Gasteiger partial charge >= 0.3 is 5.97 Å². The highest BCUT2D eigenvalue weighted by Crippen LogP contribution is 2.29.